The van der Waals surface area contributed by atoms with E-state index in [-0.39, 0.29) is 5.92 Å². The topological polar surface area (TPSA) is 9.23 Å². The van der Waals surface area contributed by atoms with Crippen LogP contribution in [0.4, 0.5) is 4.39 Å². The van der Waals surface area contributed by atoms with Gasteiger partial charge >= 0.3 is 0 Å². The second kappa shape index (κ2) is 4.80. The van der Waals surface area contributed by atoms with Crippen LogP contribution in [0.15, 0.2) is 0 Å². The van der Waals surface area contributed by atoms with Crippen molar-refractivity contribution >= 4 is 0 Å². The van der Waals surface area contributed by atoms with Gasteiger partial charge in [0.15, 0.2) is 0 Å². The zero-order valence-corrected chi connectivity index (χ0v) is 8.86. The third kappa shape index (κ3) is 4.70. The number of ether oxygens (including phenoxy) is 1. The highest BCUT2D eigenvalue weighted by molar-refractivity contribution is 4.65. The van der Waals surface area contributed by atoms with Gasteiger partial charge < -0.3 is 4.74 Å². The fraction of sp³-hybridized carbons (Fsp3) is 1.00. The number of rotatable bonds is 5. The molecule has 0 aliphatic rings. The molecule has 1 nitrogen and oxygen atoms in total. The molecule has 0 amide bonds. The van der Waals surface area contributed by atoms with Crippen molar-refractivity contribution in [3.05, 3.63) is 0 Å². The summed E-state index contributed by atoms with van der Waals surface area (Å²) in [5.74, 6) is -0.966. The standard InChI is InChI=1S/C10H21FO/c1-8(2)6-7-12-10(5,11)9(3)4/h8-9H,6-7H2,1-5H3. The zero-order valence-electron chi connectivity index (χ0n) is 8.86. The van der Waals surface area contributed by atoms with E-state index in [0.717, 1.165) is 6.42 Å². The van der Waals surface area contributed by atoms with Gasteiger partial charge in [-0.15, -0.1) is 0 Å². The molecule has 0 aliphatic carbocycles. The smallest absolute Gasteiger partial charge is 0.208 e. The molecule has 0 heterocycles. The van der Waals surface area contributed by atoms with Crippen molar-refractivity contribution in [2.24, 2.45) is 11.8 Å². The van der Waals surface area contributed by atoms with Crippen molar-refractivity contribution in [3.63, 3.8) is 0 Å². The van der Waals surface area contributed by atoms with Crippen LogP contribution in [-0.2, 0) is 4.74 Å². The lowest BCUT2D eigenvalue weighted by Gasteiger charge is -2.25. The van der Waals surface area contributed by atoms with Crippen LogP contribution in [0.3, 0.4) is 0 Å². The van der Waals surface area contributed by atoms with Crippen molar-refractivity contribution < 1.29 is 9.13 Å². The van der Waals surface area contributed by atoms with Gasteiger partial charge in [0.25, 0.3) is 0 Å². The molecule has 0 spiro atoms. The fourth-order valence-electron chi connectivity index (χ4n) is 0.661. The molecule has 0 radical (unpaired) electrons. The summed E-state index contributed by atoms with van der Waals surface area (Å²) in [6.45, 7) is 9.88. The van der Waals surface area contributed by atoms with Crippen molar-refractivity contribution in [1.29, 1.82) is 0 Å². The van der Waals surface area contributed by atoms with Crippen LogP contribution in [0.1, 0.15) is 41.0 Å². The molecular weight excluding hydrogens is 155 g/mol. The predicted octanol–water partition coefficient (Wildman–Crippen LogP) is 3.39. The van der Waals surface area contributed by atoms with E-state index >= 15 is 0 Å². The van der Waals surface area contributed by atoms with E-state index in [4.69, 9.17) is 4.74 Å². The molecule has 1 unspecified atom stereocenters. The van der Waals surface area contributed by atoms with E-state index in [9.17, 15) is 4.39 Å². The van der Waals surface area contributed by atoms with Crippen molar-refractivity contribution in [2.75, 3.05) is 6.61 Å². The van der Waals surface area contributed by atoms with Gasteiger partial charge in [0.1, 0.15) is 0 Å². The SMILES string of the molecule is CC(C)CCOC(C)(F)C(C)C. The number of hydrogen-bond donors (Lipinski definition) is 0. The second-order valence-corrected chi connectivity index (χ2v) is 4.17. The summed E-state index contributed by atoms with van der Waals surface area (Å²) in [5.41, 5.74) is 0. The highest BCUT2D eigenvalue weighted by Crippen LogP contribution is 2.23. The Morgan fingerprint density at radius 2 is 1.75 bits per heavy atom. The molecule has 0 aromatic rings. The summed E-state index contributed by atoms with van der Waals surface area (Å²) in [7, 11) is 0. The Bertz CT molecular complexity index is 119. The van der Waals surface area contributed by atoms with Crippen LogP contribution in [0.5, 0.6) is 0 Å². The molecule has 74 valence electrons. The quantitative estimate of drug-likeness (QED) is 0.624. The maximum absolute atomic E-state index is 13.4. The summed E-state index contributed by atoms with van der Waals surface area (Å²) in [6.07, 6.45) is 0.923. The first-order valence-electron chi connectivity index (χ1n) is 4.69. The van der Waals surface area contributed by atoms with Crippen LogP contribution in [0.2, 0.25) is 0 Å². The van der Waals surface area contributed by atoms with E-state index in [1.807, 2.05) is 13.8 Å². The average Bonchev–Trinajstić information content (AvgIpc) is 1.85. The normalized spacial score (nSPS) is 17.0. The molecule has 2 heteroatoms. The van der Waals surface area contributed by atoms with Gasteiger partial charge in [-0.25, -0.2) is 4.39 Å². The minimum absolute atomic E-state index is 0.0790. The van der Waals surface area contributed by atoms with Gasteiger partial charge in [-0.3, -0.25) is 0 Å². The molecular formula is C10H21FO. The minimum Gasteiger partial charge on any atom is -0.346 e. The molecule has 0 aromatic carbocycles. The molecule has 0 aromatic heterocycles. The monoisotopic (exact) mass is 176 g/mol. The van der Waals surface area contributed by atoms with Gasteiger partial charge in [0, 0.05) is 5.92 Å². The molecule has 12 heavy (non-hydrogen) atoms. The molecule has 0 fully saturated rings. The third-order valence-corrected chi connectivity index (χ3v) is 2.11. The van der Waals surface area contributed by atoms with Gasteiger partial charge in [0.2, 0.25) is 5.85 Å². The fourth-order valence-corrected chi connectivity index (χ4v) is 0.661. The highest BCUT2D eigenvalue weighted by atomic mass is 19.2. The first-order chi connectivity index (χ1) is 5.36. The van der Waals surface area contributed by atoms with Crippen molar-refractivity contribution in [3.8, 4) is 0 Å². The van der Waals surface area contributed by atoms with E-state index < -0.39 is 5.85 Å². The van der Waals surface area contributed by atoms with E-state index in [0.29, 0.717) is 12.5 Å². The summed E-state index contributed by atoms with van der Waals surface area (Å²) < 4.78 is 18.6. The maximum Gasteiger partial charge on any atom is 0.208 e. The zero-order chi connectivity index (χ0) is 9.78. The molecule has 1 atom stereocenters. The maximum atomic E-state index is 13.4. The number of halogens is 1. The minimum atomic E-state index is -1.46. The summed E-state index contributed by atoms with van der Waals surface area (Å²) in [5, 5.41) is 0. The van der Waals surface area contributed by atoms with Crippen LogP contribution >= 0.6 is 0 Å². The molecule has 0 bridgehead atoms. The van der Waals surface area contributed by atoms with Crippen LogP contribution in [0.25, 0.3) is 0 Å². The Balaban J connectivity index is 3.61. The van der Waals surface area contributed by atoms with E-state index in [2.05, 4.69) is 13.8 Å². The molecule has 0 saturated heterocycles. The van der Waals surface area contributed by atoms with Crippen LogP contribution in [-0.4, -0.2) is 12.5 Å². The van der Waals surface area contributed by atoms with Gasteiger partial charge in [-0.05, 0) is 19.3 Å². The first-order valence-corrected chi connectivity index (χ1v) is 4.69. The Morgan fingerprint density at radius 3 is 2.08 bits per heavy atom. The van der Waals surface area contributed by atoms with Gasteiger partial charge in [-0.1, -0.05) is 27.7 Å². The highest BCUT2D eigenvalue weighted by Gasteiger charge is 2.27. The predicted molar refractivity (Wildman–Crippen MR) is 49.8 cm³/mol. The average molecular weight is 176 g/mol. The summed E-state index contributed by atoms with van der Waals surface area (Å²) >= 11 is 0. The Morgan fingerprint density at radius 1 is 1.25 bits per heavy atom. The molecule has 0 aliphatic heterocycles. The van der Waals surface area contributed by atoms with Crippen LogP contribution < -0.4 is 0 Å². The first kappa shape index (κ1) is 11.9. The lowest BCUT2D eigenvalue weighted by molar-refractivity contribution is -0.162. The summed E-state index contributed by atoms with van der Waals surface area (Å²) in [6, 6.07) is 0. The van der Waals surface area contributed by atoms with Gasteiger partial charge in [-0.2, -0.15) is 0 Å². The Labute approximate surface area is 75.3 Å². The van der Waals surface area contributed by atoms with Gasteiger partial charge in [0.05, 0.1) is 6.61 Å². The van der Waals surface area contributed by atoms with E-state index in [1.54, 1.807) is 0 Å². The largest absolute Gasteiger partial charge is 0.346 e. The van der Waals surface area contributed by atoms with Crippen LogP contribution in [0, 0.1) is 11.8 Å². The Kier molecular flexibility index (Phi) is 4.76. The summed E-state index contributed by atoms with van der Waals surface area (Å²) in [4.78, 5) is 0. The number of hydrogen-bond acceptors (Lipinski definition) is 1. The Hall–Kier alpha value is -0.110. The lowest BCUT2D eigenvalue weighted by Crippen LogP contribution is -2.29. The molecule has 0 saturated carbocycles. The second-order valence-electron chi connectivity index (χ2n) is 4.17. The molecule has 0 N–H and O–H groups in total. The molecule has 0 rings (SSSR count). The van der Waals surface area contributed by atoms with Crippen molar-refractivity contribution in [2.45, 2.75) is 46.9 Å². The number of alkyl halides is 1. The third-order valence-electron chi connectivity index (χ3n) is 2.11. The van der Waals surface area contributed by atoms with E-state index in [1.165, 1.54) is 6.92 Å². The van der Waals surface area contributed by atoms with Crippen molar-refractivity contribution in [1.82, 2.24) is 0 Å². The lowest BCUT2D eigenvalue weighted by atomic mass is 10.1.